The summed E-state index contributed by atoms with van der Waals surface area (Å²) in [6.07, 6.45) is 86.6. The number of unbranched alkanes of at least 4 members (excludes halogenated alkanes) is 43. The van der Waals surface area contributed by atoms with Crippen molar-refractivity contribution in [1.29, 1.82) is 0 Å². The van der Waals surface area contributed by atoms with Gasteiger partial charge in [0.15, 0.2) is 6.10 Å². The highest BCUT2D eigenvalue weighted by molar-refractivity contribution is 5.71. The van der Waals surface area contributed by atoms with Gasteiger partial charge < -0.3 is 14.2 Å². The standard InChI is InChI=1S/C73H132O6/c1-4-7-10-13-16-19-22-25-27-29-31-33-35-36-38-39-41-43-45-48-51-54-57-60-63-66-72(75)78-69-70(68-77-71(74)65-62-59-56-53-50-47-24-21-18-15-12-9-6-3)79-73(76)67-64-61-58-55-52-49-46-44-42-40-37-34-32-30-28-26-23-20-17-14-11-8-5-2/h22-23,25-26,29-32,35-36,70H,4-21,24,27-28,33-34,37-69H2,1-3H3/b25-22-,26-23-,31-29-,32-30-,36-35-. The van der Waals surface area contributed by atoms with Crippen molar-refractivity contribution in [2.75, 3.05) is 13.2 Å². The number of carbonyl (C=O) groups excluding carboxylic acids is 3. The Morgan fingerprint density at radius 3 is 0.709 bits per heavy atom. The van der Waals surface area contributed by atoms with Gasteiger partial charge in [-0.25, -0.2) is 0 Å². The number of carbonyl (C=O) groups is 3. The molecule has 1 atom stereocenters. The highest BCUT2D eigenvalue weighted by Gasteiger charge is 2.19. The maximum Gasteiger partial charge on any atom is 0.306 e. The zero-order valence-corrected chi connectivity index (χ0v) is 52.9. The predicted molar refractivity (Wildman–Crippen MR) is 344 cm³/mol. The fraction of sp³-hybridized carbons (Fsp3) is 0.822. The lowest BCUT2D eigenvalue weighted by atomic mass is 10.0. The van der Waals surface area contributed by atoms with Crippen molar-refractivity contribution >= 4 is 17.9 Å². The summed E-state index contributed by atoms with van der Waals surface area (Å²) in [4.78, 5) is 38.4. The molecule has 0 N–H and O–H groups in total. The Labute approximate surface area is 491 Å². The summed E-state index contributed by atoms with van der Waals surface area (Å²) >= 11 is 0. The van der Waals surface area contributed by atoms with E-state index >= 15 is 0 Å². The second kappa shape index (κ2) is 67.6. The van der Waals surface area contributed by atoms with Crippen molar-refractivity contribution in [3.05, 3.63) is 60.8 Å². The second-order valence-electron chi connectivity index (χ2n) is 23.4. The van der Waals surface area contributed by atoms with Crippen molar-refractivity contribution < 1.29 is 28.6 Å². The molecule has 0 aromatic carbocycles. The number of rotatable bonds is 64. The summed E-state index contributed by atoms with van der Waals surface area (Å²) < 4.78 is 17.0. The van der Waals surface area contributed by atoms with Gasteiger partial charge in [0.05, 0.1) is 0 Å². The van der Waals surface area contributed by atoms with Crippen LogP contribution in [0, 0.1) is 0 Å². The van der Waals surface area contributed by atoms with Gasteiger partial charge in [0.2, 0.25) is 0 Å². The van der Waals surface area contributed by atoms with E-state index < -0.39 is 6.10 Å². The van der Waals surface area contributed by atoms with Crippen molar-refractivity contribution in [2.45, 2.75) is 374 Å². The number of hydrogen-bond donors (Lipinski definition) is 0. The van der Waals surface area contributed by atoms with Crippen molar-refractivity contribution in [2.24, 2.45) is 0 Å². The van der Waals surface area contributed by atoms with Crippen LogP contribution in [-0.4, -0.2) is 37.2 Å². The molecule has 0 aliphatic carbocycles. The predicted octanol–water partition coefficient (Wildman–Crippen LogP) is 23.9. The van der Waals surface area contributed by atoms with Crippen LogP contribution in [0.2, 0.25) is 0 Å². The molecule has 0 saturated carbocycles. The monoisotopic (exact) mass is 1110 g/mol. The topological polar surface area (TPSA) is 78.9 Å². The van der Waals surface area contributed by atoms with E-state index in [0.29, 0.717) is 19.3 Å². The SMILES string of the molecule is CCCCCCC/C=C\C/C=C\C/C=C\CCCCCCCCCCCCC(=O)OCC(COC(=O)CCCCCCCCCCCCCCC)OC(=O)CCCCCCCCCCCCC/C=C\C/C=C\CCCCCCC. The van der Waals surface area contributed by atoms with Gasteiger partial charge in [-0.15, -0.1) is 0 Å². The quantitative estimate of drug-likeness (QED) is 0.0261. The molecule has 0 rings (SSSR count). The third kappa shape index (κ3) is 65.8. The molecule has 0 aliphatic rings. The number of allylic oxidation sites excluding steroid dienone is 10. The van der Waals surface area contributed by atoms with Crippen LogP contribution in [0.1, 0.15) is 367 Å². The van der Waals surface area contributed by atoms with Crippen LogP contribution in [0.4, 0.5) is 0 Å². The zero-order chi connectivity index (χ0) is 57.1. The van der Waals surface area contributed by atoms with Crippen molar-refractivity contribution in [3.63, 3.8) is 0 Å². The van der Waals surface area contributed by atoms with Gasteiger partial charge in [0.25, 0.3) is 0 Å². The highest BCUT2D eigenvalue weighted by Crippen LogP contribution is 2.17. The molecule has 6 nitrogen and oxygen atoms in total. The Morgan fingerprint density at radius 1 is 0.253 bits per heavy atom. The lowest BCUT2D eigenvalue weighted by molar-refractivity contribution is -0.167. The highest BCUT2D eigenvalue weighted by atomic mass is 16.6. The maximum atomic E-state index is 12.9. The van der Waals surface area contributed by atoms with Crippen LogP contribution in [-0.2, 0) is 28.6 Å². The lowest BCUT2D eigenvalue weighted by Crippen LogP contribution is -2.30. The first-order valence-electron chi connectivity index (χ1n) is 34.8. The molecule has 0 bridgehead atoms. The van der Waals surface area contributed by atoms with E-state index in [2.05, 4.69) is 81.5 Å². The fourth-order valence-corrected chi connectivity index (χ4v) is 10.2. The normalized spacial score (nSPS) is 12.4. The van der Waals surface area contributed by atoms with Crippen LogP contribution in [0.3, 0.4) is 0 Å². The van der Waals surface area contributed by atoms with E-state index in [4.69, 9.17) is 14.2 Å². The third-order valence-corrected chi connectivity index (χ3v) is 15.5. The van der Waals surface area contributed by atoms with E-state index in [1.165, 1.54) is 250 Å². The molecule has 0 amide bonds. The molecule has 6 heteroatoms. The minimum absolute atomic E-state index is 0.0722. The maximum absolute atomic E-state index is 12.9. The van der Waals surface area contributed by atoms with Gasteiger partial charge in [-0.1, -0.05) is 319 Å². The minimum atomic E-state index is -0.776. The molecule has 0 aromatic rings. The van der Waals surface area contributed by atoms with Gasteiger partial charge in [0, 0.05) is 19.3 Å². The van der Waals surface area contributed by atoms with Crippen LogP contribution in [0.15, 0.2) is 60.8 Å². The Morgan fingerprint density at radius 2 is 0.456 bits per heavy atom. The van der Waals surface area contributed by atoms with Crippen molar-refractivity contribution in [1.82, 2.24) is 0 Å². The molecule has 0 spiro atoms. The molecular formula is C73H132O6. The first-order valence-corrected chi connectivity index (χ1v) is 34.8. The van der Waals surface area contributed by atoms with Crippen LogP contribution in [0.5, 0.6) is 0 Å². The smallest absolute Gasteiger partial charge is 0.306 e. The van der Waals surface area contributed by atoms with Gasteiger partial charge in [-0.05, 0) is 89.9 Å². The molecule has 0 aromatic heterocycles. The van der Waals surface area contributed by atoms with E-state index in [1.807, 2.05) is 0 Å². The molecule has 0 saturated heterocycles. The molecule has 460 valence electrons. The Bertz CT molecular complexity index is 1410. The van der Waals surface area contributed by atoms with Gasteiger partial charge >= 0.3 is 17.9 Å². The van der Waals surface area contributed by atoms with E-state index in [-0.39, 0.29) is 31.1 Å². The van der Waals surface area contributed by atoms with E-state index in [0.717, 1.165) is 77.0 Å². The van der Waals surface area contributed by atoms with Gasteiger partial charge in [-0.2, -0.15) is 0 Å². The Balaban J connectivity index is 4.28. The molecule has 0 fully saturated rings. The average Bonchev–Trinajstić information content (AvgIpc) is 3.45. The number of esters is 3. The lowest BCUT2D eigenvalue weighted by Gasteiger charge is -2.18. The summed E-state index contributed by atoms with van der Waals surface area (Å²) in [5.74, 6) is -0.856. The summed E-state index contributed by atoms with van der Waals surface area (Å²) in [5, 5.41) is 0. The summed E-state index contributed by atoms with van der Waals surface area (Å²) in [5.41, 5.74) is 0. The molecule has 0 radical (unpaired) electrons. The first-order chi connectivity index (χ1) is 39.0. The van der Waals surface area contributed by atoms with Crippen LogP contribution < -0.4 is 0 Å². The summed E-state index contributed by atoms with van der Waals surface area (Å²) in [6, 6.07) is 0. The number of ether oxygens (including phenoxy) is 3. The molecule has 79 heavy (non-hydrogen) atoms. The Hall–Kier alpha value is -2.89. The first kappa shape index (κ1) is 76.1. The van der Waals surface area contributed by atoms with Crippen molar-refractivity contribution in [3.8, 4) is 0 Å². The molecule has 1 unspecified atom stereocenters. The van der Waals surface area contributed by atoms with Crippen LogP contribution >= 0.6 is 0 Å². The largest absolute Gasteiger partial charge is 0.462 e. The molecule has 0 aliphatic heterocycles. The van der Waals surface area contributed by atoms with E-state index in [9.17, 15) is 14.4 Å². The number of hydrogen-bond acceptors (Lipinski definition) is 6. The average molecular weight is 1110 g/mol. The fourth-order valence-electron chi connectivity index (χ4n) is 10.2. The summed E-state index contributed by atoms with van der Waals surface area (Å²) in [6.45, 7) is 6.67. The summed E-state index contributed by atoms with van der Waals surface area (Å²) in [7, 11) is 0. The van der Waals surface area contributed by atoms with Crippen LogP contribution in [0.25, 0.3) is 0 Å². The third-order valence-electron chi connectivity index (χ3n) is 15.5. The second-order valence-corrected chi connectivity index (χ2v) is 23.4. The zero-order valence-electron chi connectivity index (χ0n) is 52.9. The Kier molecular flexibility index (Phi) is 65.1. The molecule has 0 heterocycles. The van der Waals surface area contributed by atoms with Gasteiger partial charge in [0.1, 0.15) is 13.2 Å². The van der Waals surface area contributed by atoms with Gasteiger partial charge in [-0.3, -0.25) is 14.4 Å². The molecular weight excluding hydrogens is 973 g/mol. The minimum Gasteiger partial charge on any atom is -0.462 e. The van der Waals surface area contributed by atoms with E-state index in [1.54, 1.807) is 0 Å².